The largest absolute Gasteiger partial charge is 0.415 e. The zero-order valence-electron chi connectivity index (χ0n) is 16.8. The number of benzene rings is 2. The predicted molar refractivity (Wildman–Crippen MR) is 111 cm³/mol. The number of fused-ring (bicyclic) bond motifs is 5. The van der Waals surface area contributed by atoms with Gasteiger partial charge in [0.15, 0.2) is 0 Å². The molecule has 2 unspecified atom stereocenters. The van der Waals surface area contributed by atoms with Gasteiger partial charge in [-0.2, -0.15) is 5.26 Å². The molecule has 4 amide bonds. The van der Waals surface area contributed by atoms with Crippen molar-refractivity contribution in [2.75, 3.05) is 11.4 Å². The molecule has 10 heteroatoms. The Bertz CT molecular complexity index is 1210. The van der Waals surface area contributed by atoms with Crippen molar-refractivity contribution in [2.45, 2.75) is 31.5 Å². The van der Waals surface area contributed by atoms with E-state index < -0.39 is 35.9 Å². The third-order valence-corrected chi connectivity index (χ3v) is 6.72. The molecule has 3 atom stereocenters. The maximum Gasteiger partial charge on any atom is 0.415 e. The van der Waals surface area contributed by atoms with Crippen LogP contribution in [0, 0.1) is 24.1 Å². The van der Waals surface area contributed by atoms with Gasteiger partial charge in [-0.25, -0.2) is 18.9 Å². The van der Waals surface area contributed by atoms with E-state index in [4.69, 9.17) is 21.6 Å². The average Bonchev–Trinajstić information content (AvgIpc) is 3.44. The average molecular weight is 455 g/mol. The highest BCUT2D eigenvalue weighted by molar-refractivity contribution is 6.33. The summed E-state index contributed by atoms with van der Waals surface area (Å²) in [5, 5.41) is 9.34. The molecule has 32 heavy (non-hydrogen) atoms. The number of hydrogen-bond acceptors (Lipinski definition) is 5. The standard InChI is InChI=1S/C22H16ClFN4O4/c1-11-16(7-2-12(9-25)18(11)23)28-20(29)19-17-8-14(27(19)21(28)30)10-26(17)22(31)32-15-5-3-13(24)4-6-15/h2-7,14,17,19H,8,10H2,1H3/t14?,17?,19-/m1/s1. The van der Waals surface area contributed by atoms with Crippen molar-refractivity contribution in [2.24, 2.45) is 0 Å². The minimum atomic E-state index is -0.823. The smallest absolute Gasteiger partial charge is 0.410 e. The van der Waals surface area contributed by atoms with Crippen molar-refractivity contribution >= 4 is 35.3 Å². The molecule has 0 N–H and O–H groups in total. The highest BCUT2D eigenvalue weighted by Gasteiger charge is 2.63. The third-order valence-electron chi connectivity index (χ3n) is 6.24. The fourth-order valence-corrected chi connectivity index (χ4v) is 4.96. The van der Waals surface area contributed by atoms with Gasteiger partial charge in [-0.05, 0) is 55.3 Å². The fourth-order valence-electron chi connectivity index (χ4n) is 4.75. The van der Waals surface area contributed by atoms with Crippen LogP contribution in [-0.2, 0) is 4.79 Å². The number of piperazine rings is 1. The van der Waals surface area contributed by atoms with E-state index in [0.717, 1.165) is 4.90 Å². The van der Waals surface area contributed by atoms with Crippen molar-refractivity contribution in [1.82, 2.24) is 9.80 Å². The van der Waals surface area contributed by atoms with Gasteiger partial charge in [0.1, 0.15) is 23.7 Å². The van der Waals surface area contributed by atoms with Gasteiger partial charge in [0, 0.05) is 6.54 Å². The van der Waals surface area contributed by atoms with E-state index in [9.17, 15) is 18.8 Å². The number of halogens is 2. The Morgan fingerprint density at radius 1 is 1.22 bits per heavy atom. The van der Waals surface area contributed by atoms with Crippen molar-refractivity contribution in [3.05, 3.63) is 58.4 Å². The second-order valence-electron chi connectivity index (χ2n) is 7.92. The highest BCUT2D eigenvalue weighted by atomic mass is 35.5. The second-order valence-corrected chi connectivity index (χ2v) is 8.30. The fraction of sp³-hybridized carbons (Fsp3) is 0.273. The Balaban J connectivity index is 1.40. The Morgan fingerprint density at radius 2 is 1.94 bits per heavy atom. The number of amides is 4. The number of anilines is 1. The van der Waals surface area contributed by atoms with Gasteiger partial charge < -0.3 is 14.5 Å². The summed E-state index contributed by atoms with van der Waals surface area (Å²) in [7, 11) is 0. The molecule has 3 aliphatic heterocycles. The number of likely N-dealkylation sites (tertiary alicyclic amines) is 1. The molecule has 2 bridgehead atoms. The van der Waals surface area contributed by atoms with Crippen molar-refractivity contribution in [3.8, 4) is 11.8 Å². The summed E-state index contributed by atoms with van der Waals surface area (Å²) < 4.78 is 18.4. The minimum absolute atomic E-state index is 0.185. The molecule has 2 aromatic carbocycles. The number of nitriles is 1. The van der Waals surface area contributed by atoms with Crippen LogP contribution in [0.5, 0.6) is 5.75 Å². The predicted octanol–water partition coefficient (Wildman–Crippen LogP) is 3.45. The van der Waals surface area contributed by atoms with Crippen LogP contribution < -0.4 is 9.64 Å². The first kappa shape index (κ1) is 20.3. The lowest BCUT2D eigenvalue weighted by molar-refractivity contribution is -0.121. The van der Waals surface area contributed by atoms with Gasteiger partial charge >= 0.3 is 12.1 Å². The Kier molecular flexibility index (Phi) is 4.57. The molecular formula is C22H16ClFN4O4. The molecule has 3 fully saturated rings. The number of urea groups is 1. The number of nitrogens with zero attached hydrogens (tertiary/aromatic N) is 4. The van der Waals surface area contributed by atoms with E-state index in [1.807, 2.05) is 6.07 Å². The maximum atomic E-state index is 13.3. The van der Waals surface area contributed by atoms with Crippen LogP contribution in [0.4, 0.5) is 19.7 Å². The summed E-state index contributed by atoms with van der Waals surface area (Å²) >= 11 is 6.24. The molecule has 0 radical (unpaired) electrons. The molecule has 8 nitrogen and oxygen atoms in total. The van der Waals surface area contributed by atoms with E-state index in [1.54, 1.807) is 6.92 Å². The molecule has 3 aliphatic rings. The van der Waals surface area contributed by atoms with Gasteiger partial charge in [-0.15, -0.1) is 0 Å². The monoisotopic (exact) mass is 454 g/mol. The minimum Gasteiger partial charge on any atom is -0.410 e. The lowest BCUT2D eigenvalue weighted by Gasteiger charge is -2.34. The summed E-state index contributed by atoms with van der Waals surface area (Å²) in [6, 6.07) is 7.89. The topological polar surface area (TPSA) is 94.0 Å². The van der Waals surface area contributed by atoms with Crippen LogP contribution in [0.15, 0.2) is 36.4 Å². The molecule has 0 spiro atoms. The number of carbonyl (C=O) groups is 3. The third kappa shape index (κ3) is 2.83. The molecule has 3 saturated heterocycles. The van der Waals surface area contributed by atoms with Crippen LogP contribution in [0.3, 0.4) is 0 Å². The summed E-state index contributed by atoms with van der Waals surface area (Å²) in [6.07, 6.45) is -0.179. The Labute approximate surface area is 187 Å². The summed E-state index contributed by atoms with van der Waals surface area (Å²) in [6.45, 7) is 1.88. The summed E-state index contributed by atoms with van der Waals surface area (Å²) in [5.41, 5.74) is 1.02. The highest BCUT2D eigenvalue weighted by Crippen LogP contribution is 2.43. The zero-order chi connectivity index (χ0) is 22.7. The van der Waals surface area contributed by atoms with Crippen LogP contribution in [0.2, 0.25) is 5.02 Å². The van der Waals surface area contributed by atoms with E-state index in [0.29, 0.717) is 17.7 Å². The van der Waals surface area contributed by atoms with Gasteiger partial charge in [-0.1, -0.05) is 11.6 Å². The van der Waals surface area contributed by atoms with Gasteiger partial charge in [-0.3, -0.25) is 4.79 Å². The van der Waals surface area contributed by atoms with Crippen molar-refractivity contribution < 1.29 is 23.5 Å². The first-order chi connectivity index (χ1) is 15.3. The molecule has 0 aliphatic carbocycles. The quantitative estimate of drug-likeness (QED) is 0.648. The molecule has 162 valence electrons. The second kappa shape index (κ2) is 7.21. The molecule has 0 aromatic heterocycles. The number of imide groups is 1. The normalized spacial score (nSPS) is 23.6. The van der Waals surface area contributed by atoms with Crippen LogP contribution >= 0.6 is 11.6 Å². The molecule has 3 heterocycles. The van der Waals surface area contributed by atoms with Crippen molar-refractivity contribution in [3.63, 3.8) is 0 Å². The van der Waals surface area contributed by atoms with Gasteiger partial charge in [0.05, 0.1) is 28.4 Å². The number of carbonyl (C=O) groups excluding carboxylic acids is 3. The Morgan fingerprint density at radius 3 is 2.62 bits per heavy atom. The first-order valence-corrected chi connectivity index (χ1v) is 10.3. The van der Waals surface area contributed by atoms with Crippen LogP contribution in [-0.4, -0.2) is 52.5 Å². The lowest BCUT2D eigenvalue weighted by Crippen LogP contribution is -2.55. The summed E-state index contributed by atoms with van der Waals surface area (Å²) in [4.78, 5) is 43.2. The maximum absolute atomic E-state index is 13.3. The van der Waals surface area contributed by atoms with E-state index >= 15 is 0 Å². The van der Waals surface area contributed by atoms with Gasteiger partial charge in [0.2, 0.25) is 0 Å². The lowest BCUT2D eigenvalue weighted by atomic mass is 10.1. The molecular weight excluding hydrogens is 439 g/mol. The molecule has 0 saturated carbocycles. The van der Waals surface area contributed by atoms with E-state index in [-0.39, 0.29) is 28.9 Å². The van der Waals surface area contributed by atoms with E-state index in [1.165, 1.54) is 46.2 Å². The number of hydrogen-bond donors (Lipinski definition) is 0. The Hall–Kier alpha value is -3.64. The first-order valence-electron chi connectivity index (χ1n) is 9.91. The van der Waals surface area contributed by atoms with Crippen LogP contribution in [0.1, 0.15) is 17.5 Å². The molecule has 2 aromatic rings. The zero-order valence-corrected chi connectivity index (χ0v) is 17.5. The number of rotatable bonds is 2. The molecule has 5 rings (SSSR count). The van der Waals surface area contributed by atoms with Crippen LogP contribution in [0.25, 0.3) is 0 Å². The van der Waals surface area contributed by atoms with Crippen molar-refractivity contribution in [1.29, 1.82) is 5.26 Å². The SMILES string of the molecule is Cc1c(N2C(=O)[C@H]3C4CC(CN4C(=O)Oc4ccc(F)cc4)N3C2=O)ccc(C#N)c1Cl. The summed E-state index contributed by atoms with van der Waals surface area (Å²) in [5.74, 6) is -0.714. The van der Waals surface area contributed by atoms with E-state index in [2.05, 4.69) is 0 Å². The van der Waals surface area contributed by atoms with Gasteiger partial charge in [0.25, 0.3) is 5.91 Å². The number of ether oxygens (including phenoxy) is 1.